The molecule has 8 atom stereocenters. The Bertz CT molecular complexity index is 1460. The number of fused-ring (bicyclic) bond motifs is 1. The maximum absolute atomic E-state index is 11.7. The van der Waals surface area contributed by atoms with Gasteiger partial charge < -0.3 is 54.7 Å². The van der Waals surface area contributed by atoms with Crippen LogP contribution in [0.4, 0.5) is 0 Å². The van der Waals surface area contributed by atoms with Crippen molar-refractivity contribution in [1.82, 2.24) is 0 Å². The van der Waals surface area contributed by atoms with Crippen LogP contribution >= 0.6 is 21.6 Å². The summed E-state index contributed by atoms with van der Waals surface area (Å²) in [6.45, 7) is 3.34. The second-order valence-electron chi connectivity index (χ2n) is 15.6. The van der Waals surface area contributed by atoms with E-state index >= 15 is 0 Å². The summed E-state index contributed by atoms with van der Waals surface area (Å²) >= 11 is 0. The number of aliphatic hydroxyl groups excluding tert-OH is 5. The number of phenolic OH excluding ortho intramolecular Hbond substituents is 2. The molecule has 0 bridgehead atoms. The lowest BCUT2D eigenvalue weighted by molar-refractivity contribution is -0.0808. The van der Waals surface area contributed by atoms with Crippen LogP contribution in [0.2, 0.25) is 0 Å². The highest BCUT2D eigenvalue weighted by Crippen LogP contribution is 2.57. The third kappa shape index (κ3) is 10.6. The van der Waals surface area contributed by atoms with Gasteiger partial charge in [0.15, 0.2) is 29.8 Å². The first-order chi connectivity index (χ1) is 25.5. The number of aliphatic hydroxyl groups is 5. The highest BCUT2D eigenvalue weighted by molar-refractivity contribution is 8.76. The Balaban J connectivity index is 1.39. The highest BCUT2D eigenvalue weighted by Gasteiger charge is 2.48. The van der Waals surface area contributed by atoms with Crippen molar-refractivity contribution in [2.24, 2.45) is 23.2 Å². The van der Waals surface area contributed by atoms with Gasteiger partial charge in [0, 0.05) is 23.5 Å². The predicted molar refractivity (Wildman–Crippen MR) is 207 cm³/mol. The van der Waals surface area contributed by atoms with Crippen LogP contribution in [0.25, 0.3) is 0 Å². The third-order valence-electron chi connectivity index (χ3n) is 11.7. The summed E-state index contributed by atoms with van der Waals surface area (Å²) in [6.07, 6.45) is 7.29. The Labute approximate surface area is 321 Å². The van der Waals surface area contributed by atoms with E-state index in [1.165, 1.54) is 54.4 Å². The monoisotopic (exact) mass is 780 g/mol. The van der Waals surface area contributed by atoms with E-state index in [1.807, 2.05) is 6.07 Å². The quantitative estimate of drug-likeness (QED) is 0.0897. The van der Waals surface area contributed by atoms with E-state index < -0.39 is 37.8 Å². The molecule has 1 heterocycles. The van der Waals surface area contributed by atoms with Gasteiger partial charge in [-0.15, -0.1) is 0 Å². The standard InChI is InChI=1S/C40H60O11S2/c1-24(2)13-27-5-4-10-40(27)11-8-29(20-40)51-35-17-26-6-7-28(49-22-42)18-32(44)31(14-25-15-36(48-3)39(47)37(16-25)50-23-43)34(46)21-52-53-38(9-12-41)30(26)19-33(35)45/h15-17,19,24,27-29,31-32,34,38,41-47H,4-14,18,20-23H2,1-3H3/t27-,28-,29+,31-,32+,34-,38-,40-/m0/s1. The van der Waals surface area contributed by atoms with Crippen molar-refractivity contribution < 1.29 is 54.7 Å². The van der Waals surface area contributed by atoms with Gasteiger partial charge in [-0.3, -0.25) is 0 Å². The summed E-state index contributed by atoms with van der Waals surface area (Å²) in [5.41, 5.74) is 2.75. The molecule has 2 fully saturated rings. The molecule has 0 aromatic heterocycles. The van der Waals surface area contributed by atoms with Crippen molar-refractivity contribution in [3.8, 4) is 28.7 Å². The fourth-order valence-corrected chi connectivity index (χ4v) is 12.0. The van der Waals surface area contributed by atoms with E-state index in [-0.39, 0.29) is 59.6 Å². The van der Waals surface area contributed by atoms with Crippen LogP contribution in [0.5, 0.6) is 28.7 Å². The van der Waals surface area contributed by atoms with Gasteiger partial charge in [-0.2, -0.15) is 0 Å². The first kappa shape index (κ1) is 42.1. The summed E-state index contributed by atoms with van der Waals surface area (Å²) in [4.78, 5) is 0. The highest BCUT2D eigenvalue weighted by atomic mass is 33.1. The molecule has 53 heavy (non-hydrogen) atoms. The first-order valence-corrected chi connectivity index (χ1v) is 21.5. The predicted octanol–water partition coefficient (Wildman–Crippen LogP) is 6.26. The summed E-state index contributed by atoms with van der Waals surface area (Å²) in [5, 5.41) is 74.1. The van der Waals surface area contributed by atoms with E-state index in [1.54, 1.807) is 18.2 Å². The molecular weight excluding hydrogens is 721 g/mol. The van der Waals surface area contributed by atoms with Gasteiger partial charge >= 0.3 is 0 Å². The number of benzene rings is 2. The lowest BCUT2D eigenvalue weighted by atomic mass is 9.73. The van der Waals surface area contributed by atoms with E-state index in [0.29, 0.717) is 41.9 Å². The molecule has 3 aliphatic rings. The number of rotatable bonds is 13. The van der Waals surface area contributed by atoms with Crippen molar-refractivity contribution in [2.75, 3.05) is 33.1 Å². The van der Waals surface area contributed by atoms with Crippen molar-refractivity contribution in [3.05, 3.63) is 41.0 Å². The third-order valence-corrected chi connectivity index (χ3v) is 14.5. The Morgan fingerprint density at radius 1 is 0.906 bits per heavy atom. The van der Waals surface area contributed by atoms with Crippen molar-refractivity contribution >= 4 is 21.6 Å². The van der Waals surface area contributed by atoms with E-state index in [4.69, 9.17) is 18.9 Å². The second kappa shape index (κ2) is 19.7. The van der Waals surface area contributed by atoms with Crippen LogP contribution in [0, 0.1) is 23.2 Å². The topological polar surface area (TPSA) is 179 Å². The molecule has 298 valence electrons. The molecule has 2 saturated carbocycles. The molecule has 0 radical (unpaired) electrons. The summed E-state index contributed by atoms with van der Waals surface area (Å²) in [5.74, 6) is 1.36. The van der Waals surface area contributed by atoms with E-state index in [2.05, 4.69) is 13.8 Å². The average molecular weight is 781 g/mol. The van der Waals surface area contributed by atoms with Gasteiger partial charge in [-0.05, 0) is 129 Å². The maximum Gasteiger partial charge on any atom is 0.200 e. The molecule has 13 heteroatoms. The zero-order valence-corrected chi connectivity index (χ0v) is 33.0. The van der Waals surface area contributed by atoms with Crippen molar-refractivity contribution in [2.45, 2.75) is 121 Å². The molecule has 1 spiro atoms. The summed E-state index contributed by atoms with van der Waals surface area (Å²) < 4.78 is 22.9. The molecule has 2 aromatic carbocycles. The molecule has 1 aliphatic heterocycles. The number of methoxy groups -OCH3 is 1. The number of phenols is 2. The van der Waals surface area contributed by atoms with Crippen LogP contribution in [-0.2, 0) is 17.6 Å². The molecule has 0 unspecified atom stereocenters. The van der Waals surface area contributed by atoms with Crippen LogP contribution in [-0.4, -0.2) is 93.2 Å². The van der Waals surface area contributed by atoms with Crippen LogP contribution in [0.3, 0.4) is 0 Å². The molecule has 0 saturated heterocycles. The summed E-state index contributed by atoms with van der Waals surface area (Å²) in [7, 11) is 4.34. The fourth-order valence-electron chi connectivity index (χ4n) is 9.08. The number of aryl methyl sites for hydroxylation is 1. The molecule has 7 N–H and O–H groups in total. The van der Waals surface area contributed by atoms with Gasteiger partial charge in [0.1, 0.15) is 6.79 Å². The fraction of sp³-hybridized carbons (Fsp3) is 0.700. The number of aromatic hydroxyl groups is 2. The lowest BCUT2D eigenvalue weighted by Crippen LogP contribution is -2.38. The lowest BCUT2D eigenvalue weighted by Gasteiger charge is -2.33. The molecule has 2 aromatic rings. The van der Waals surface area contributed by atoms with E-state index in [9.17, 15) is 35.7 Å². The van der Waals surface area contributed by atoms with Crippen molar-refractivity contribution in [1.29, 1.82) is 0 Å². The first-order valence-electron chi connectivity index (χ1n) is 19.1. The number of hydrogen-bond donors (Lipinski definition) is 7. The smallest absolute Gasteiger partial charge is 0.200 e. The minimum atomic E-state index is -1.04. The van der Waals surface area contributed by atoms with Gasteiger partial charge in [0.05, 0.1) is 31.5 Å². The summed E-state index contributed by atoms with van der Waals surface area (Å²) in [6, 6.07) is 6.84. The molecule has 11 nitrogen and oxygen atoms in total. The van der Waals surface area contributed by atoms with Crippen LogP contribution in [0.1, 0.15) is 100.0 Å². The molecule has 5 rings (SSSR count). The SMILES string of the molecule is COc1cc(C[C@H]2[C@H](O)C[C@@H](OCO)CCc3cc(O[C@@H]4CC[C@@]5(CCC[C@H]5CC(C)C)C4)c(O)cc3[C@H](CCO)SSC[C@@H]2O)cc(OCO)c1O. The zero-order chi connectivity index (χ0) is 38.1. The Kier molecular flexibility index (Phi) is 15.6. The second-order valence-corrected chi connectivity index (χ2v) is 18.2. The number of ether oxygens (including phenoxy) is 4. The van der Waals surface area contributed by atoms with Crippen LogP contribution < -0.4 is 14.2 Å². The molecule has 0 amide bonds. The Hall–Kier alpha value is -2.10. The molecular formula is C40H60O11S2. The van der Waals surface area contributed by atoms with Gasteiger partial charge in [0.2, 0.25) is 5.75 Å². The minimum absolute atomic E-state index is 0.0133. The Morgan fingerprint density at radius 3 is 2.42 bits per heavy atom. The van der Waals surface area contributed by atoms with Gasteiger partial charge in [-0.25, -0.2) is 0 Å². The van der Waals surface area contributed by atoms with Gasteiger partial charge in [0.25, 0.3) is 0 Å². The minimum Gasteiger partial charge on any atom is -0.504 e. The van der Waals surface area contributed by atoms with Crippen molar-refractivity contribution in [3.63, 3.8) is 0 Å². The average Bonchev–Trinajstić information content (AvgIpc) is 3.72. The number of hydrogen-bond acceptors (Lipinski definition) is 13. The largest absolute Gasteiger partial charge is 0.504 e. The normalized spacial score (nSPS) is 29.7. The van der Waals surface area contributed by atoms with Gasteiger partial charge in [-0.1, -0.05) is 41.9 Å². The maximum atomic E-state index is 11.7. The van der Waals surface area contributed by atoms with E-state index in [0.717, 1.165) is 36.3 Å². The van der Waals surface area contributed by atoms with Crippen LogP contribution in [0.15, 0.2) is 24.3 Å². The Morgan fingerprint density at radius 2 is 1.70 bits per heavy atom. The zero-order valence-electron chi connectivity index (χ0n) is 31.3. The molecule has 2 aliphatic carbocycles.